The van der Waals surface area contributed by atoms with E-state index < -0.39 is 38.2 Å². The van der Waals surface area contributed by atoms with Gasteiger partial charge >= 0.3 is 0 Å². The first-order chi connectivity index (χ1) is 21.1. The number of hydrogen-bond donors (Lipinski definition) is 1. The Hall–Kier alpha value is -4.10. The molecule has 2 heterocycles. The van der Waals surface area contributed by atoms with Crippen LogP contribution in [0.4, 0.5) is 23.2 Å². The largest absolute Gasteiger partial charge is 0.493 e. The minimum atomic E-state index is -4.70. The molecule has 0 amide bonds. The van der Waals surface area contributed by atoms with Crippen molar-refractivity contribution in [3.05, 3.63) is 78.0 Å². The summed E-state index contributed by atoms with van der Waals surface area (Å²) >= 11 is 0. The van der Waals surface area contributed by atoms with Crippen LogP contribution in [0.1, 0.15) is 26.2 Å². The summed E-state index contributed by atoms with van der Waals surface area (Å²) in [6.07, 6.45) is 4.82. The molecule has 1 unspecified atom stereocenters. The topological polar surface area (TPSA) is 90.0 Å². The van der Waals surface area contributed by atoms with Gasteiger partial charge in [-0.1, -0.05) is 6.92 Å². The SMILES string of the molecule is COc1cc2c(Oc3ccc(NS(=O)(=O)c4ccc(F)c(F)c4F)cc3F)ccnc2cc1OCCCN1CCCC(C)C1. The van der Waals surface area contributed by atoms with Gasteiger partial charge in [-0.25, -0.2) is 26.0 Å². The summed E-state index contributed by atoms with van der Waals surface area (Å²) in [5, 5.41) is 0.511. The Labute approximate surface area is 252 Å². The van der Waals surface area contributed by atoms with Crippen LogP contribution in [0.2, 0.25) is 0 Å². The van der Waals surface area contributed by atoms with Crippen molar-refractivity contribution >= 4 is 26.6 Å². The maximum absolute atomic E-state index is 15.0. The fraction of sp³-hybridized carbons (Fsp3) is 0.323. The molecule has 1 N–H and O–H groups in total. The molecule has 0 radical (unpaired) electrons. The van der Waals surface area contributed by atoms with Crippen LogP contribution < -0.4 is 18.9 Å². The summed E-state index contributed by atoms with van der Waals surface area (Å²) in [4.78, 5) is 5.70. The lowest BCUT2D eigenvalue weighted by Crippen LogP contribution is -2.35. The van der Waals surface area contributed by atoms with Crippen molar-refractivity contribution in [3.63, 3.8) is 0 Å². The predicted molar refractivity (Wildman–Crippen MR) is 157 cm³/mol. The van der Waals surface area contributed by atoms with E-state index in [1.165, 1.54) is 44.3 Å². The first-order valence-electron chi connectivity index (χ1n) is 14.0. The van der Waals surface area contributed by atoms with Crippen LogP contribution in [-0.2, 0) is 10.0 Å². The lowest BCUT2D eigenvalue weighted by atomic mass is 10.0. The minimum absolute atomic E-state index is 0.245. The third-order valence-electron chi connectivity index (χ3n) is 7.30. The first kappa shape index (κ1) is 31.3. The molecule has 13 heteroatoms. The predicted octanol–water partition coefficient (Wildman–Crippen LogP) is 6.89. The zero-order valence-electron chi connectivity index (χ0n) is 24.1. The summed E-state index contributed by atoms with van der Waals surface area (Å²) < 4.78 is 100. The Balaban J connectivity index is 1.29. The number of aromatic nitrogens is 1. The number of rotatable bonds is 11. The summed E-state index contributed by atoms with van der Waals surface area (Å²) in [7, 11) is -3.20. The number of likely N-dealkylation sites (tertiary alicyclic amines) is 1. The number of halogens is 4. The number of methoxy groups -OCH3 is 1. The number of benzene rings is 3. The molecule has 1 aliphatic heterocycles. The van der Waals surface area contributed by atoms with Crippen LogP contribution in [0, 0.1) is 29.2 Å². The number of pyridine rings is 1. The summed E-state index contributed by atoms with van der Waals surface area (Å²) in [6, 6.07) is 9.12. The fourth-order valence-electron chi connectivity index (χ4n) is 5.14. The minimum Gasteiger partial charge on any atom is -0.493 e. The molecule has 0 bridgehead atoms. The van der Waals surface area contributed by atoms with Crippen molar-refractivity contribution in [2.45, 2.75) is 31.1 Å². The third-order valence-corrected chi connectivity index (χ3v) is 8.70. The molecule has 1 fully saturated rings. The highest BCUT2D eigenvalue weighted by Crippen LogP contribution is 2.38. The molecule has 3 aromatic carbocycles. The average molecular weight is 634 g/mol. The molecular weight excluding hydrogens is 602 g/mol. The number of ether oxygens (including phenoxy) is 3. The van der Waals surface area contributed by atoms with E-state index in [0.717, 1.165) is 32.1 Å². The van der Waals surface area contributed by atoms with Crippen molar-refractivity contribution < 1.29 is 40.2 Å². The fourth-order valence-corrected chi connectivity index (χ4v) is 6.26. The van der Waals surface area contributed by atoms with Gasteiger partial charge in [-0.2, -0.15) is 0 Å². The van der Waals surface area contributed by atoms with Crippen molar-refractivity contribution in [1.29, 1.82) is 0 Å². The number of sulfonamides is 1. The maximum Gasteiger partial charge on any atom is 0.264 e. The molecule has 1 aliphatic rings. The van der Waals surface area contributed by atoms with Crippen molar-refractivity contribution in [2.24, 2.45) is 5.92 Å². The summed E-state index contributed by atoms with van der Waals surface area (Å²) in [5.41, 5.74) is 0.221. The van der Waals surface area contributed by atoms with E-state index in [2.05, 4.69) is 16.8 Å². The summed E-state index contributed by atoms with van der Waals surface area (Å²) in [5.74, 6) is -4.66. The summed E-state index contributed by atoms with van der Waals surface area (Å²) in [6.45, 7) is 5.91. The number of fused-ring (bicyclic) bond motifs is 1. The van der Waals surface area contributed by atoms with Gasteiger partial charge in [0.1, 0.15) is 10.6 Å². The van der Waals surface area contributed by atoms with Gasteiger partial charge in [0.25, 0.3) is 10.0 Å². The van der Waals surface area contributed by atoms with Crippen LogP contribution >= 0.6 is 0 Å². The van der Waals surface area contributed by atoms with Crippen molar-refractivity contribution in [2.75, 3.05) is 38.1 Å². The van der Waals surface area contributed by atoms with E-state index in [-0.39, 0.29) is 17.2 Å². The number of anilines is 1. The lowest BCUT2D eigenvalue weighted by molar-refractivity contribution is 0.169. The van der Waals surface area contributed by atoms with Gasteiger partial charge < -0.3 is 19.1 Å². The van der Waals surface area contributed by atoms with E-state index in [1.807, 2.05) is 4.72 Å². The van der Waals surface area contributed by atoms with Crippen molar-refractivity contribution in [3.8, 4) is 23.0 Å². The van der Waals surface area contributed by atoms with Crippen LogP contribution in [0.3, 0.4) is 0 Å². The van der Waals surface area contributed by atoms with Gasteiger partial charge in [0, 0.05) is 36.8 Å². The van der Waals surface area contributed by atoms with Gasteiger partial charge in [0.2, 0.25) is 0 Å². The van der Waals surface area contributed by atoms with Crippen molar-refractivity contribution in [1.82, 2.24) is 9.88 Å². The van der Waals surface area contributed by atoms with Gasteiger partial charge in [0.05, 0.1) is 24.9 Å². The highest BCUT2D eigenvalue weighted by molar-refractivity contribution is 7.92. The Morgan fingerprint density at radius 1 is 0.955 bits per heavy atom. The number of hydrogen-bond acceptors (Lipinski definition) is 7. The molecule has 4 aromatic rings. The first-order valence-corrected chi connectivity index (χ1v) is 15.5. The smallest absolute Gasteiger partial charge is 0.264 e. The average Bonchev–Trinajstić information content (AvgIpc) is 2.99. The molecule has 44 heavy (non-hydrogen) atoms. The molecule has 1 aromatic heterocycles. The highest BCUT2D eigenvalue weighted by atomic mass is 32.2. The third kappa shape index (κ3) is 6.99. The molecule has 0 spiro atoms. The van der Waals surface area contributed by atoms with E-state index in [4.69, 9.17) is 14.2 Å². The monoisotopic (exact) mass is 633 g/mol. The lowest BCUT2D eigenvalue weighted by Gasteiger charge is -2.30. The highest BCUT2D eigenvalue weighted by Gasteiger charge is 2.25. The van der Waals surface area contributed by atoms with Gasteiger partial charge in [-0.3, -0.25) is 9.71 Å². The van der Waals surface area contributed by atoms with Gasteiger partial charge in [-0.05, 0) is 68.1 Å². The Bertz CT molecular complexity index is 1770. The molecular formula is C31H31F4N3O5S. The number of nitrogens with one attached hydrogen (secondary N) is 1. The van der Waals surface area contributed by atoms with Crippen LogP contribution in [0.25, 0.3) is 10.9 Å². The second kappa shape index (κ2) is 13.3. The molecule has 0 aliphatic carbocycles. The standard InChI is InChI=1S/C31H31F4N3O5S/c1-19-5-3-12-38(18-19)13-4-14-42-28-17-24-21(16-27(28)41-2)25(10-11-36-24)43-26-8-6-20(15-23(26)33)37-44(39,40)29-9-7-22(32)30(34)31(29)35/h6-11,15-17,19,37H,3-5,12-14,18H2,1-2H3. The Morgan fingerprint density at radius 3 is 2.52 bits per heavy atom. The van der Waals surface area contributed by atoms with E-state index in [9.17, 15) is 21.6 Å². The second-order valence-electron chi connectivity index (χ2n) is 10.6. The second-order valence-corrected chi connectivity index (χ2v) is 12.3. The van der Waals surface area contributed by atoms with Crippen LogP contribution in [0.5, 0.6) is 23.0 Å². The normalized spacial score (nSPS) is 15.7. The zero-order valence-corrected chi connectivity index (χ0v) is 24.9. The zero-order chi connectivity index (χ0) is 31.4. The van der Waals surface area contributed by atoms with E-state index in [1.54, 1.807) is 12.1 Å². The maximum atomic E-state index is 15.0. The van der Waals surface area contributed by atoms with Gasteiger partial charge in [-0.15, -0.1) is 0 Å². The Morgan fingerprint density at radius 2 is 1.77 bits per heavy atom. The quantitative estimate of drug-likeness (QED) is 0.109. The van der Waals surface area contributed by atoms with Crippen LogP contribution in [0.15, 0.2) is 59.6 Å². The molecule has 1 saturated heterocycles. The van der Waals surface area contributed by atoms with E-state index in [0.29, 0.717) is 47.1 Å². The molecule has 234 valence electrons. The molecule has 8 nitrogen and oxygen atoms in total. The molecule has 0 saturated carbocycles. The van der Waals surface area contributed by atoms with Gasteiger partial charge in [0.15, 0.2) is 40.5 Å². The molecule has 5 rings (SSSR count). The molecule has 1 atom stereocenters. The Kier molecular flexibility index (Phi) is 9.45. The number of nitrogens with zero attached hydrogens (tertiary/aromatic N) is 2. The van der Waals surface area contributed by atoms with E-state index >= 15 is 4.39 Å². The number of piperidine rings is 1. The van der Waals surface area contributed by atoms with Crippen LogP contribution in [-0.4, -0.2) is 51.7 Å².